The second kappa shape index (κ2) is 8.79. The van der Waals surface area contributed by atoms with Crippen molar-refractivity contribution in [1.82, 2.24) is 10.3 Å². The first-order valence-electron chi connectivity index (χ1n) is 8.59. The average Bonchev–Trinajstić information content (AvgIpc) is 3.04. The summed E-state index contributed by atoms with van der Waals surface area (Å²) in [5.74, 6) is 0.950. The lowest BCUT2D eigenvalue weighted by Gasteiger charge is -2.11. The van der Waals surface area contributed by atoms with Crippen LogP contribution in [0.15, 0.2) is 54.7 Å². The minimum Gasteiger partial charge on any atom is -0.489 e. The number of rotatable bonds is 8. The van der Waals surface area contributed by atoms with Gasteiger partial charge in [-0.05, 0) is 36.6 Å². The van der Waals surface area contributed by atoms with Crippen LogP contribution in [0.3, 0.4) is 0 Å². The van der Waals surface area contributed by atoms with Crippen LogP contribution in [0.2, 0.25) is 0 Å². The van der Waals surface area contributed by atoms with Gasteiger partial charge in [0.1, 0.15) is 12.4 Å². The van der Waals surface area contributed by atoms with Gasteiger partial charge in [0.25, 0.3) is 0 Å². The molecule has 3 rings (SSSR count). The molecule has 0 saturated carbocycles. The van der Waals surface area contributed by atoms with Gasteiger partial charge in [-0.25, -0.2) is 4.98 Å². The lowest BCUT2D eigenvalue weighted by molar-refractivity contribution is 0.304. The predicted molar refractivity (Wildman–Crippen MR) is 104 cm³/mol. The summed E-state index contributed by atoms with van der Waals surface area (Å²) in [6, 6.07) is 16.6. The second-order valence-corrected chi connectivity index (χ2v) is 7.48. The maximum Gasteiger partial charge on any atom is 0.122 e. The van der Waals surface area contributed by atoms with E-state index in [2.05, 4.69) is 54.5 Å². The normalized spacial score (nSPS) is 10.8. The Bertz CT molecular complexity index is 799. The molecule has 25 heavy (non-hydrogen) atoms. The van der Waals surface area contributed by atoms with E-state index in [0.717, 1.165) is 25.3 Å². The second-order valence-electron chi connectivity index (χ2n) is 6.17. The van der Waals surface area contributed by atoms with Gasteiger partial charge in [0.05, 0.1) is 5.01 Å². The zero-order valence-electron chi connectivity index (χ0n) is 14.8. The van der Waals surface area contributed by atoms with Crippen LogP contribution >= 0.6 is 11.3 Å². The van der Waals surface area contributed by atoms with Gasteiger partial charge in [0, 0.05) is 30.6 Å². The number of aromatic nitrogens is 1. The van der Waals surface area contributed by atoms with Gasteiger partial charge in [0.15, 0.2) is 0 Å². The highest BCUT2D eigenvalue weighted by Gasteiger charge is 2.03. The standard InChI is InChI=1S/C21H24N2OS/c1-16-12-19(14-22-11-10-21-23-13-17(2)25-21)8-9-20(16)24-15-18-6-4-3-5-7-18/h3-9,12-13,22H,10-11,14-15H2,1-2H3. The number of hydrogen-bond acceptors (Lipinski definition) is 4. The van der Waals surface area contributed by atoms with Crippen molar-refractivity contribution >= 4 is 11.3 Å². The molecule has 2 aromatic carbocycles. The van der Waals surface area contributed by atoms with E-state index in [0.29, 0.717) is 6.61 Å². The Hall–Kier alpha value is -2.17. The molecule has 0 fully saturated rings. The Kier molecular flexibility index (Phi) is 6.20. The molecule has 130 valence electrons. The molecule has 0 aliphatic carbocycles. The van der Waals surface area contributed by atoms with Gasteiger partial charge in [-0.1, -0.05) is 42.5 Å². The number of benzene rings is 2. The Balaban J connectivity index is 1.46. The summed E-state index contributed by atoms with van der Waals surface area (Å²) in [5.41, 5.74) is 3.63. The smallest absolute Gasteiger partial charge is 0.122 e. The maximum atomic E-state index is 5.94. The molecule has 0 unspecified atom stereocenters. The third kappa shape index (κ3) is 5.41. The van der Waals surface area contributed by atoms with E-state index in [-0.39, 0.29) is 0 Å². The average molecular weight is 353 g/mol. The number of nitrogens with one attached hydrogen (secondary N) is 1. The highest BCUT2D eigenvalue weighted by Crippen LogP contribution is 2.20. The van der Waals surface area contributed by atoms with Crippen molar-refractivity contribution in [2.75, 3.05) is 6.54 Å². The topological polar surface area (TPSA) is 34.2 Å². The summed E-state index contributed by atoms with van der Waals surface area (Å²) in [4.78, 5) is 5.67. The van der Waals surface area contributed by atoms with Gasteiger partial charge in [-0.15, -0.1) is 11.3 Å². The van der Waals surface area contributed by atoms with Crippen LogP contribution in [-0.2, 0) is 19.6 Å². The minimum absolute atomic E-state index is 0.604. The predicted octanol–water partition coefficient (Wildman–Crippen LogP) is 4.67. The molecule has 1 aromatic heterocycles. The van der Waals surface area contributed by atoms with Crippen LogP contribution in [0, 0.1) is 13.8 Å². The first-order valence-corrected chi connectivity index (χ1v) is 9.40. The lowest BCUT2D eigenvalue weighted by atomic mass is 10.1. The van der Waals surface area contributed by atoms with E-state index >= 15 is 0 Å². The number of thiazole rings is 1. The minimum atomic E-state index is 0.604. The Labute approximate surface area is 153 Å². The molecular weight excluding hydrogens is 328 g/mol. The Morgan fingerprint density at radius 2 is 1.88 bits per heavy atom. The largest absolute Gasteiger partial charge is 0.489 e. The van der Waals surface area contributed by atoms with Crippen molar-refractivity contribution in [2.45, 2.75) is 33.4 Å². The first kappa shape index (κ1) is 17.6. The van der Waals surface area contributed by atoms with Crippen LogP contribution in [0.25, 0.3) is 0 Å². The van der Waals surface area contributed by atoms with Gasteiger partial charge in [-0.2, -0.15) is 0 Å². The fourth-order valence-corrected chi connectivity index (χ4v) is 3.45. The van der Waals surface area contributed by atoms with Crippen molar-refractivity contribution in [1.29, 1.82) is 0 Å². The van der Waals surface area contributed by atoms with E-state index in [1.807, 2.05) is 24.4 Å². The zero-order chi connectivity index (χ0) is 17.5. The summed E-state index contributed by atoms with van der Waals surface area (Å²) in [5, 5.41) is 4.69. The number of hydrogen-bond donors (Lipinski definition) is 1. The van der Waals surface area contributed by atoms with Crippen LogP contribution in [0.5, 0.6) is 5.75 Å². The van der Waals surface area contributed by atoms with Gasteiger partial charge in [-0.3, -0.25) is 0 Å². The van der Waals surface area contributed by atoms with Crippen molar-refractivity contribution in [2.24, 2.45) is 0 Å². The molecule has 0 saturated heterocycles. The zero-order valence-corrected chi connectivity index (χ0v) is 15.6. The summed E-state index contributed by atoms with van der Waals surface area (Å²) in [7, 11) is 0. The molecule has 0 bridgehead atoms. The van der Waals surface area contributed by atoms with Crippen molar-refractivity contribution in [3.63, 3.8) is 0 Å². The molecular formula is C21H24N2OS. The van der Waals surface area contributed by atoms with Crippen LogP contribution in [0.4, 0.5) is 0 Å². The van der Waals surface area contributed by atoms with Crippen LogP contribution in [0.1, 0.15) is 26.6 Å². The van der Waals surface area contributed by atoms with E-state index in [9.17, 15) is 0 Å². The highest BCUT2D eigenvalue weighted by atomic mass is 32.1. The van der Waals surface area contributed by atoms with E-state index in [1.165, 1.54) is 26.6 Å². The molecule has 0 amide bonds. The van der Waals surface area contributed by atoms with Gasteiger partial charge < -0.3 is 10.1 Å². The summed E-state index contributed by atoms with van der Waals surface area (Å²) in [6.07, 6.45) is 2.92. The molecule has 0 radical (unpaired) electrons. The van der Waals surface area contributed by atoms with E-state index < -0.39 is 0 Å². The number of nitrogens with zero attached hydrogens (tertiary/aromatic N) is 1. The molecule has 0 aliphatic rings. The van der Waals surface area contributed by atoms with Crippen molar-refractivity contribution in [3.8, 4) is 5.75 Å². The molecule has 3 nitrogen and oxygen atoms in total. The SMILES string of the molecule is Cc1cnc(CCNCc2ccc(OCc3ccccc3)c(C)c2)s1. The molecule has 3 aromatic rings. The molecule has 4 heteroatoms. The molecule has 1 N–H and O–H groups in total. The monoisotopic (exact) mass is 352 g/mol. The maximum absolute atomic E-state index is 5.94. The molecule has 0 atom stereocenters. The van der Waals surface area contributed by atoms with Crippen LogP contribution < -0.4 is 10.1 Å². The third-order valence-electron chi connectivity index (χ3n) is 3.99. The number of aryl methyl sites for hydroxylation is 2. The fourth-order valence-electron chi connectivity index (χ4n) is 2.66. The highest BCUT2D eigenvalue weighted by molar-refractivity contribution is 7.11. The summed E-state index contributed by atoms with van der Waals surface area (Å²) >= 11 is 1.77. The lowest BCUT2D eigenvalue weighted by Crippen LogP contribution is -2.16. The van der Waals surface area contributed by atoms with E-state index in [1.54, 1.807) is 11.3 Å². The van der Waals surface area contributed by atoms with Crippen molar-refractivity contribution < 1.29 is 4.74 Å². The fraction of sp³-hybridized carbons (Fsp3) is 0.286. The third-order valence-corrected chi connectivity index (χ3v) is 4.96. The molecule has 1 heterocycles. The molecule has 0 spiro atoms. The summed E-state index contributed by atoms with van der Waals surface area (Å²) < 4.78 is 5.94. The Morgan fingerprint density at radius 3 is 2.60 bits per heavy atom. The molecule has 0 aliphatic heterocycles. The first-order chi connectivity index (χ1) is 12.2. The Morgan fingerprint density at radius 1 is 1.04 bits per heavy atom. The van der Waals surface area contributed by atoms with E-state index in [4.69, 9.17) is 4.74 Å². The van der Waals surface area contributed by atoms with Gasteiger partial charge in [0.2, 0.25) is 0 Å². The van der Waals surface area contributed by atoms with Gasteiger partial charge >= 0.3 is 0 Å². The van der Waals surface area contributed by atoms with Crippen LogP contribution in [-0.4, -0.2) is 11.5 Å². The quantitative estimate of drug-likeness (QED) is 0.598. The summed E-state index contributed by atoms with van der Waals surface area (Å²) in [6.45, 7) is 6.61. The van der Waals surface area contributed by atoms with Crippen molar-refractivity contribution in [3.05, 3.63) is 81.3 Å². The number of ether oxygens (including phenoxy) is 1.